The number of halogens is 1. The maximum atomic E-state index is 12.7. The average molecular weight is 330 g/mol. The van der Waals surface area contributed by atoms with Gasteiger partial charge in [0.05, 0.1) is 0 Å². The Morgan fingerprint density at radius 1 is 1.09 bits per heavy atom. The molecule has 0 amide bonds. The van der Waals surface area contributed by atoms with E-state index in [0.29, 0.717) is 18.1 Å². The van der Waals surface area contributed by atoms with Crippen molar-refractivity contribution in [3.63, 3.8) is 0 Å². The third-order valence-electron chi connectivity index (χ3n) is 3.53. The summed E-state index contributed by atoms with van der Waals surface area (Å²) in [5, 5.41) is 2.72. The Kier molecular flexibility index (Phi) is 4.57. The van der Waals surface area contributed by atoms with Gasteiger partial charge in [0.2, 0.25) is 0 Å². The molecule has 0 unspecified atom stereocenters. The molecule has 112 valence electrons. The molecular formula is C18H16ClNOS. The Hall–Kier alpha value is -1.68. The van der Waals surface area contributed by atoms with Gasteiger partial charge in [-0.25, -0.2) is 0 Å². The van der Waals surface area contributed by atoms with Crippen molar-refractivity contribution in [1.29, 1.82) is 0 Å². The molecule has 3 rings (SSSR count). The van der Waals surface area contributed by atoms with Crippen molar-refractivity contribution in [1.82, 2.24) is 4.90 Å². The zero-order valence-corrected chi connectivity index (χ0v) is 13.8. The quantitative estimate of drug-likeness (QED) is 0.762. The van der Waals surface area contributed by atoms with E-state index >= 15 is 0 Å². The van der Waals surface area contributed by atoms with Crippen LogP contribution < -0.4 is 0 Å². The Morgan fingerprint density at radius 2 is 1.77 bits per heavy atom. The van der Waals surface area contributed by atoms with Crippen LogP contribution in [0.3, 0.4) is 0 Å². The molecule has 22 heavy (non-hydrogen) atoms. The SMILES string of the molecule is CN1C/C(=C\c2ccc(Cl)cc2)C(=O)/C(=C/c2cccs2)C1. The fraction of sp³-hybridized carbons (Fsp3) is 0.167. The number of ketones is 1. The highest BCUT2D eigenvalue weighted by Crippen LogP contribution is 2.23. The largest absolute Gasteiger partial charge is 0.298 e. The van der Waals surface area contributed by atoms with Gasteiger partial charge in [-0.1, -0.05) is 29.8 Å². The molecule has 0 bridgehead atoms. The second-order valence-corrected chi connectivity index (χ2v) is 6.82. The minimum absolute atomic E-state index is 0.140. The van der Waals surface area contributed by atoms with Crippen molar-refractivity contribution in [3.8, 4) is 0 Å². The molecule has 4 heteroatoms. The van der Waals surface area contributed by atoms with Crippen molar-refractivity contribution in [2.24, 2.45) is 0 Å². The zero-order chi connectivity index (χ0) is 15.5. The number of nitrogens with zero attached hydrogens (tertiary/aromatic N) is 1. The molecule has 1 aliphatic heterocycles. The molecule has 1 fully saturated rings. The van der Waals surface area contributed by atoms with E-state index in [-0.39, 0.29) is 5.78 Å². The molecule has 0 saturated carbocycles. The Bertz CT molecular complexity index is 729. The number of thiophene rings is 1. The van der Waals surface area contributed by atoms with Crippen LogP contribution in [-0.2, 0) is 4.79 Å². The van der Waals surface area contributed by atoms with Gasteiger partial charge in [0.1, 0.15) is 0 Å². The Labute approximate surface area is 139 Å². The zero-order valence-electron chi connectivity index (χ0n) is 12.3. The van der Waals surface area contributed by atoms with Crippen LogP contribution in [0, 0.1) is 0 Å². The highest BCUT2D eigenvalue weighted by molar-refractivity contribution is 7.10. The van der Waals surface area contributed by atoms with E-state index in [1.807, 2.05) is 61.0 Å². The first-order valence-corrected chi connectivity index (χ1v) is 8.31. The first kappa shape index (κ1) is 15.2. The average Bonchev–Trinajstić information content (AvgIpc) is 2.99. The second-order valence-electron chi connectivity index (χ2n) is 5.41. The van der Waals surface area contributed by atoms with Crippen molar-refractivity contribution in [3.05, 3.63) is 68.4 Å². The van der Waals surface area contributed by atoms with Gasteiger partial charge >= 0.3 is 0 Å². The lowest BCUT2D eigenvalue weighted by molar-refractivity contribution is -0.113. The van der Waals surface area contributed by atoms with E-state index in [2.05, 4.69) is 4.90 Å². The van der Waals surface area contributed by atoms with Gasteiger partial charge in [0, 0.05) is 34.1 Å². The summed E-state index contributed by atoms with van der Waals surface area (Å²) in [4.78, 5) is 16.0. The molecule has 1 aliphatic rings. The number of carbonyl (C=O) groups is 1. The van der Waals surface area contributed by atoms with E-state index < -0.39 is 0 Å². The summed E-state index contributed by atoms with van der Waals surface area (Å²) < 4.78 is 0. The number of piperidine rings is 1. The topological polar surface area (TPSA) is 20.3 Å². The van der Waals surface area contributed by atoms with Crippen LogP contribution in [0.5, 0.6) is 0 Å². The van der Waals surface area contributed by atoms with Gasteiger partial charge in [-0.05, 0) is 48.3 Å². The molecule has 0 radical (unpaired) electrons. The molecule has 1 aromatic heterocycles. The van der Waals surface area contributed by atoms with Crippen LogP contribution >= 0.6 is 22.9 Å². The van der Waals surface area contributed by atoms with Gasteiger partial charge < -0.3 is 0 Å². The first-order valence-electron chi connectivity index (χ1n) is 7.05. The smallest absolute Gasteiger partial charge is 0.187 e. The highest BCUT2D eigenvalue weighted by atomic mass is 35.5. The number of hydrogen-bond donors (Lipinski definition) is 0. The fourth-order valence-corrected chi connectivity index (χ4v) is 3.32. The molecule has 2 aromatic rings. The predicted octanol–water partition coefficient (Wildman–Crippen LogP) is 4.38. The number of rotatable bonds is 2. The third-order valence-corrected chi connectivity index (χ3v) is 4.61. The van der Waals surface area contributed by atoms with Crippen LogP contribution in [0.25, 0.3) is 12.2 Å². The summed E-state index contributed by atoms with van der Waals surface area (Å²) >= 11 is 7.55. The number of likely N-dealkylation sites (tertiary alicyclic amines) is 1. The maximum absolute atomic E-state index is 12.7. The molecule has 2 nitrogen and oxygen atoms in total. The van der Waals surface area contributed by atoms with Crippen LogP contribution in [0.1, 0.15) is 10.4 Å². The molecule has 0 aliphatic carbocycles. The number of benzene rings is 1. The van der Waals surface area contributed by atoms with Crippen LogP contribution in [0.15, 0.2) is 52.9 Å². The standard InChI is InChI=1S/C18H16ClNOS/c1-20-11-14(9-13-4-6-16(19)7-5-13)18(21)15(12-20)10-17-3-2-8-22-17/h2-10H,11-12H2,1H3/b14-9+,15-10+. The first-order chi connectivity index (χ1) is 10.6. The van der Waals surface area contributed by atoms with Crippen LogP contribution in [-0.4, -0.2) is 30.8 Å². The van der Waals surface area contributed by atoms with E-state index in [1.54, 1.807) is 11.3 Å². The summed E-state index contributed by atoms with van der Waals surface area (Å²) in [6.45, 7) is 1.36. The van der Waals surface area contributed by atoms with Crippen molar-refractivity contribution < 1.29 is 4.79 Å². The predicted molar refractivity (Wildman–Crippen MR) is 94.2 cm³/mol. The van der Waals surface area contributed by atoms with Gasteiger partial charge in [-0.3, -0.25) is 9.69 Å². The Balaban J connectivity index is 1.91. The Morgan fingerprint density at radius 3 is 2.41 bits per heavy atom. The van der Waals surface area contributed by atoms with E-state index in [4.69, 9.17) is 11.6 Å². The van der Waals surface area contributed by atoms with Crippen LogP contribution in [0.4, 0.5) is 0 Å². The van der Waals surface area contributed by atoms with E-state index in [0.717, 1.165) is 21.6 Å². The number of carbonyl (C=O) groups excluding carboxylic acids is 1. The lowest BCUT2D eigenvalue weighted by Gasteiger charge is -2.26. The van der Waals surface area contributed by atoms with Crippen molar-refractivity contribution in [2.45, 2.75) is 0 Å². The fourth-order valence-electron chi connectivity index (χ4n) is 2.52. The van der Waals surface area contributed by atoms with Gasteiger partial charge in [0.25, 0.3) is 0 Å². The number of Topliss-reactive ketones (excluding diaryl/α,β-unsaturated/α-hetero) is 1. The second kappa shape index (κ2) is 6.61. The molecule has 1 aromatic carbocycles. The monoisotopic (exact) mass is 329 g/mol. The summed E-state index contributed by atoms with van der Waals surface area (Å²) in [7, 11) is 2.03. The third kappa shape index (κ3) is 3.55. The number of likely N-dealkylation sites (N-methyl/N-ethyl adjacent to an activating group) is 1. The lowest BCUT2D eigenvalue weighted by Crippen LogP contribution is -2.34. The maximum Gasteiger partial charge on any atom is 0.187 e. The summed E-state index contributed by atoms with van der Waals surface area (Å²) in [6, 6.07) is 11.6. The number of hydrogen-bond acceptors (Lipinski definition) is 3. The van der Waals surface area contributed by atoms with Gasteiger partial charge in [0.15, 0.2) is 5.78 Å². The van der Waals surface area contributed by atoms with Crippen LogP contribution in [0.2, 0.25) is 5.02 Å². The highest BCUT2D eigenvalue weighted by Gasteiger charge is 2.23. The summed E-state index contributed by atoms with van der Waals surface area (Å²) in [5.41, 5.74) is 2.66. The molecular weight excluding hydrogens is 314 g/mol. The van der Waals surface area contributed by atoms with E-state index in [1.165, 1.54) is 0 Å². The van der Waals surface area contributed by atoms with E-state index in [9.17, 15) is 4.79 Å². The normalized spacial score (nSPS) is 20.0. The summed E-state index contributed by atoms with van der Waals surface area (Å²) in [5.74, 6) is 0.140. The summed E-state index contributed by atoms with van der Waals surface area (Å²) in [6.07, 6.45) is 3.95. The van der Waals surface area contributed by atoms with Gasteiger partial charge in [-0.2, -0.15) is 0 Å². The molecule has 0 spiro atoms. The molecule has 0 atom stereocenters. The lowest BCUT2D eigenvalue weighted by atomic mass is 9.96. The minimum atomic E-state index is 0.140. The van der Waals surface area contributed by atoms with Crippen molar-refractivity contribution >= 4 is 40.9 Å². The minimum Gasteiger partial charge on any atom is -0.298 e. The van der Waals surface area contributed by atoms with Gasteiger partial charge in [-0.15, -0.1) is 11.3 Å². The molecule has 1 saturated heterocycles. The molecule has 0 N–H and O–H groups in total. The molecule has 2 heterocycles. The van der Waals surface area contributed by atoms with Crippen molar-refractivity contribution in [2.75, 3.05) is 20.1 Å².